The van der Waals surface area contributed by atoms with Crippen molar-refractivity contribution in [2.24, 2.45) is 0 Å². The van der Waals surface area contributed by atoms with E-state index in [9.17, 15) is 4.39 Å². The summed E-state index contributed by atoms with van der Waals surface area (Å²) in [6.07, 6.45) is 0. The second kappa shape index (κ2) is 7.37. The highest BCUT2D eigenvalue weighted by atomic mass is 31.0. The van der Waals surface area contributed by atoms with Gasteiger partial charge in [-0.15, -0.1) is 9.24 Å². The van der Waals surface area contributed by atoms with Crippen LogP contribution in [-0.2, 0) is 6.54 Å². The Hall–Kier alpha value is -1.44. The highest BCUT2D eigenvalue weighted by Gasteiger charge is 2.06. The van der Waals surface area contributed by atoms with Crippen LogP contribution in [-0.4, -0.2) is 6.61 Å². The van der Waals surface area contributed by atoms with Gasteiger partial charge in [0, 0.05) is 12.3 Å². The van der Waals surface area contributed by atoms with Crippen molar-refractivity contribution >= 4 is 9.24 Å². The third-order valence-corrected chi connectivity index (χ3v) is 3.59. The lowest BCUT2D eigenvalue weighted by Crippen LogP contribution is -2.15. The third kappa shape index (κ3) is 4.29. The third-order valence-electron chi connectivity index (χ3n) is 2.97. The maximum Gasteiger partial charge on any atom is 0.123 e. The molecule has 0 aliphatic rings. The van der Waals surface area contributed by atoms with E-state index < -0.39 is 0 Å². The van der Waals surface area contributed by atoms with Crippen LogP contribution in [0.2, 0.25) is 0 Å². The first-order chi connectivity index (χ1) is 9.69. The minimum atomic E-state index is -0.208. The van der Waals surface area contributed by atoms with Crippen LogP contribution in [0, 0.1) is 5.82 Å². The summed E-state index contributed by atoms with van der Waals surface area (Å²) in [4.78, 5) is 0. The van der Waals surface area contributed by atoms with Crippen LogP contribution in [0.3, 0.4) is 0 Å². The van der Waals surface area contributed by atoms with Gasteiger partial charge >= 0.3 is 0 Å². The van der Waals surface area contributed by atoms with Crippen molar-refractivity contribution in [3.8, 4) is 5.75 Å². The van der Waals surface area contributed by atoms with Crippen LogP contribution >= 0.6 is 9.24 Å². The number of rotatable bonds is 6. The Morgan fingerprint density at radius 3 is 2.65 bits per heavy atom. The Morgan fingerprint density at radius 1 is 1.20 bits per heavy atom. The molecule has 2 rings (SSSR count). The van der Waals surface area contributed by atoms with Crippen molar-refractivity contribution in [2.45, 2.75) is 19.3 Å². The van der Waals surface area contributed by atoms with Crippen molar-refractivity contribution < 1.29 is 9.13 Å². The molecule has 2 atom stereocenters. The van der Waals surface area contributed by atoms with Gasteiger partial charge in [0.15, 0.2) is 0 Å². The highest BCUT2D eigenvalue weighted by molar-refractivity contribution is 7.17. The summed E-state index contributed by atoms with van der Waals surface area (Å²) < 4.78 is 18.3. The minimum absolute atomic E-state index is 0.125. The molecule has 2 aromatic rings. The van der Waals surface area contributed by atoms with E-state index in [1.807, 2.05) is 25.1 Å². The van der Waals surface area contributed by atoms with Crippen LogP contribution in [0.5, 0.6) is 5.75 Å². The molecule has 20 heavy (non-hydrogen) atoms. The molecule has 0 aliphatic carbocycles. The zero-order valence-corrected chi connectivity index (χ0v) is 12.6. The van der Waals surface area contributed by atoms with Crippen LogP contribution in [0.1, 0.15) is 23.8 Å². The monoisotopic (exact) mass is 291 g/mol. The van der Waals surface area contributed by atoms with Crippen molar-refractivity contribution in [2.75, 3.05) is 6.61 Å². The fourth-order valence-electron chi connectivity index (χ4n) is 1.91. The smallest absolute Gasteiger partial charge is 0.123 e. The number of halogens is 1. The first kappa shape index (κ1) is 15.0. The van der Waals surface area contributed by atoms with E-state index in [4.69, 9.17) is 4.74 Å². The Morgan fingerprint density at radius 2 is 1.95 bits per heavy atom. The van der Waals surface area contributed by atoms with E-state index >= 15 is 0 Å². The fourth-order valence-corrected chi connectivity index (χ4v) is 2.24. The van der Waals surface area contributed by atoms with E-state index in [-0.39, 0.29) is 11.6 Å². The van der Waals surface area contributed by atoms with E-state index in [0.717, 1.165) is 16.9 Å². The zero-order valence-electron chi connectivity index (χ0n) is 11.5. The van der Waals surface area contributed by atoms with Gasteiger partial charge in [0.1, 0.15) is 11.6 Å². The standard InChI is InChI=1S/C16H19FNOP/c1-2-19-15-5-3-4-13(10-15)16(20)18-11-12-6-8-14(17)9-7-12/h3-10,16,18H,2,11,20H2,1H3. The summed E-state index contributed by atoms with van der Waals surface area (Å²) in [6.45, 7) is 3.32. The lowest BCUT2D eigenvalue weighted by atomic mass is 10.2. The molecule has 0 saturated heterocycles. The molecule has 0 saturated carbocycles. The van der Waals surface area contributed by atoms with Crippen molar-refractivity contribution in [1.82, 2.24) is 5.32 Å². The molecular formula is C16H19FNOP. The molecule has 2 unspecified atom stereocenters. The molecule has 0 amide bonds. The maximum absolute atomic E-state index is 12.8. The highest BCUT2D eigenvalue weighted by Crippen LogP contribution is 2.24. The summed E-state index contributed by atoms with van der Waals surface area (Å²) in [5.41, 5.74) is 2.20. The summed E-state index contributed by atoms with van der Waals surface area (Å²) in [5.74, 6) is 0.794. The van der Waals surface area contributed by atoms with Gasteiger partial charge in [-0.25, -0.2) is 4.39 Å². The van der Waals surface area contributed by atoms with Gasteiger partial charge in [-0.05, 0) is 42.3 Å². The van der Waals surface area contributed by atoms with Gasteiger partial charge in [0.2, 0.25) is 0 Å². The SMILES string of the molecule is CCOc1cccc(C(P)NCc2ccc(F)cc2)c1. The molecule has 0 fully saturated rings. The van der Waals surface area contributed by atoms with E-state index in [2.05, 4.69) is 20.6 Å². The van der Waals surface area contributed by atoms with Crippen LogP contribution in [0.25, 0.3) is 0 Å². The van der Waals surface area contributed by atoms with Crippen LogP contribution < -0.4 is 10.1 Å². The Balaban J connectivity index is 1.95. The Bertz CT molecular complexity index is 544. The number of ether oxygens (including phenoxy) is 1. The molecule has 2 aromatic carbocycles. The second-order valence-electron chi connectivity index (χ2n) is 4.49. The molecule has 0 aliphatic heterocycles. The van der Waals surface area contributed by atoms with Crippen LogP contribution in [0.15, 0.2) is 48.5 Å². The topological polar surface area (TPSA) is 21.3 Å². The minimum Gasteiger partial charge on any atom is -0.494 e. The molecular weight excluding hydrogens is 272 g/mol. The van der Waals surface area contributed by atoms with Gasteiger partial charge < -0.3 is 10.1 Å². The largest absolute Gasteiger partial charge is 0.494 e. The Kier molecular flexibility index (Phi) is 5.51. The summed E-state index contributed by atoms with van der Waals surface area (Å²) in [7, 11) is 2.77. The van der Waals surface area contributed by atoms with Gasteiger partial charge in [0.05, 0.1) is 6.61 Å². The quantitative estimate of drug-likeness (QED) is 0.815. The van der Waals surface area contributed by atoms with Gasteiger partial charge in [-0.2, -0.15) is 0 Å². The average molecular weight is 291 g/mol. The molecule has 106 valence electrons. The molecule has 0 aromatic heterocycles. The van der Waals surface area contributed by atoms with Gasteiger partial charge in [0.25, 0.3) is 0 Å². The molecule has 1 N–H and O–H groups in total. The zero-order chi connectivity index (χ0) is 14.4. The first-order valence-electron chi connectivity index (χ1n) is 6.65. The molecule has 4 heteroatoms. The summed E-state index contributed by atoms with van der Waals surface area (Å²) in [6, 6.07) is 14.5. The van der Waals surface area contributed by atoms with E-state index in [0.29, 0.717) is 13.2 Å². The molecule has 0 heterocycles. The maximum atomic E-state index is 12.8. The Labute approximate surface area is 121 Å². The molecule has 0 radical (unpaired) electrons. The van der Waals surface area contributed by atoms with Gasteiger partial charge in [-0.1, -0.05) is 24.3 Å². The number of benzene rings is 2. The number of hydrogen-bond donors (Lipinski definition) is 1. The van der Waals surface area contributed by atoms with Crippen molar-refractivity contribution in [3.63, 3.8) is 0 Å². The summed E-state index contributed by atoms with van der Waals surface area (Å²) >= 11 is 0. The normalized spacial score (nSPS) is 12.2. The predicted octanol–water partition coefficient (Wildman–Crippen LogP) is 3.89. The lowest BCUT2D eigenvalue weighted by molar-refractivity contribution is 0.340. The molecule has 2 nitrogen and oxygen atoms in total. The van der Waals surface area contributed by atoms with E-state index in [1.54, 1.807) is 12.1 Å². The van der Waals surface area contributed by atoms with Crippen molar-refractivity contribution in [1.29, 1.82) is 0 Å². The average Bonchev–Trinajstić information content (AvgIpc) is 2.47. The molecule has 0 bridgehead atoms. The number of hydrogen-bond acceptors (Lipinski definition) is 2. The number of nitrogens with one attached hydrogen (secondary N) is 1. The lowest BCUT2D eigenvalue weighted by Gasteiger charge is -2.15. The molecule has 0 spiro atoms. The summed E-state index contributed by atoms with van der Waals surface area (Å²) in [5, 5.41) is 3.39. The van der Waals surface area contributed by atoms with Crippen LogP contribution in [0.4, 0.5) is 4.39 Å². The fraction of sp³-hybridized carbons (Fsp3) is 0.250. The predicted molar refractivity (Wildman–Crippen MR) is 83.3 cm³/mol. The van der Waals surface area contributed by atoms with Gasteiger partial charge in [-0.3, -0.25) is 0 Å². The van der Waals surface area contributed by atoms with Crippen molar-refractivity contribution in [3.05, 3.63) is 65.5 Å². The second-order valence-corrected chi connectivity index (χ2v) is 5.16. The van der Waals surface area contributed by atoms with E-state index in [1.165, 1.54) is 12.1 Å². The first-order valence-corrected chi connectivity index (χ1v) is 7.32.